The average molecular weight is 414 g/mol. The van der Waals surface area contributed by atoms with Crippen LogP contribution in [0.5, 0.6) is 0 Å². The topological polar surface area (TPSA) is 106 Å². The van der Waals surface area contributed by atoms with E-state index in [0.717, 1.165) is 34.6 Å². The average Bonchev–Trinajstić information content (AvgIpc) is 3.16. The minimum Gasteiger partial charge on any atom is -0.481 e. The monoisotopic (exact) mass is 413 g/mol. The number of rotatable bonds is 5. The van der Waals surface area contributed by atoms with Gasteiger partial charge in [0.25, 0.3) is 0 Å². The molecule has 0 aliphatic heterocycles. The van der Waals surface area contributed by atoms with E-state index in [0.29, 0.717) is 31.0 Å². The Morgan fingerprint density at radius 3 is 2.66 bits per heavy atom. The number of primary amides is 1. The molecule has 0 spiro atoms. The normalized spacial score (nSPS) is 28.1. The summed E-state index contributed by atoms with van der Waals surface area (Å²) >= 11 is 6.08. The van der Waals surface area contributed by atoms with Crippen LogP contribution in [0.2, 0.25) is 0 Å². The van der Waals surface area contributed by atoms with Crippen LogP contribution in [0.1, 0.15) is 49.4 Å². The van der Waals surface area contributed by atoms with Gasteiger partial charge in [0, 0.05) is 11.0 Å². The van der Waals surface area contributed by atoms with Gasteiger partial charge >= 0.3 is 5.97 Å². The molecular formula is C22H24ClN3O3. The Bertz CT molecular complexity index is 1030. The molecule has 4 atom stereocenters. The van der Waals surface area contributed by atoms with Crippen molar-refractivity contribution in [1.29, 1.82) is 0 Å². The van der Waals surface area contributed by atoms with Crippen molar-refractivity contribution in [2.75, 3.05) is 0 Å². The van der Waals surface area contributed by atoms with Crippen LogP contribution in [0.4, 0.5) is 0 Å². The Morgan fingerprint density at radius 2 is 2.00 bits per heavy atom. The SMILES string of the molecule is NC(=O)C1C=c2nc(CC3CCC(C(=O)O)C3)c(C3C=CC(Cl)=CC3)nc2=CC1. The molecule has 3 aliphatic carbocycles. The number of nitrogens with two attached hydrogens (primary N) is 1. The predicted molar refractivity (Wildman–Crippen MR) is 110 cm³/mol. The first-order chi connectivity index (χ1) is 13.9. The van der Waals surface area contributed by atoms with Gasteiger partial charge in [-0.05, 0) is 56.6 Å². The number of fused-ring (bicyclic) bond motifs is 1. The summed E-state index contributed by atoms with van der Waals surface area (Å²) in [7, 11) is 0. The van der Waals surface area contributed by atoms with E-state index in [1.165, 1.54) is 0 Å². The van der Waals surface area contributed by atoms with E-state index in [2.05, 4.69) is 6.08 Å². The van der Waals surface area contributed by atoms with Crippen LogP contribution in [0.15, 0.2) is 23.3 Å². The second kappa shape index (κ2) is 8.11. The van der Waals surface area contributed by atoms with Crippen molar-refractivity contribution in [3.05, 3.63) is 45.3 Å². The van der Waals surface area contributed by atoms with Crippen molar-refractivity contribution in [3.63, 3.8) is 0 Å². The number of hydrogen-bond donors (Lipinski definition) is 2. The minimum absolute atomic E-state index is 0.0873. The van der Waals surface area contributed by atoms with E-state index < -0.39 is 5.97 Å². The van der Waals surface area contributed by atoms with E-state index in [1.54, 1.807) is 6.08 Å². The second-order valence-corrected chi connectivity index (χ2v) is 8.59. The molecule has 1 aromatic heterocycles. The fourth-order valence-electron chi connectivity index (χ4n) is 4.48. The molecule has 1 aromatic rings. The fraction of sp³-hybridized carbons (Fsp3) is 0.455. The number of carboxylic acids is 1. The van der Waals surface area contributed by atoms with E-state index in [-0.39, 0.29) is 29.6 Å². The highest BCUT2D eigenvalue weighted by molar-refractivity contribution is 6.31. The third-order valence-electron chi connectivity index (χ3n) is 6.12. The molecule has 7 heteroatoms. The Kier molecular flexibility index (Phi) is 5.54. The highest BCUT2D eigenvalue weighted by Crippen LogP contribution is 2.35. The predicted octanol–water partition coefficient (Wildman–Crippen LogP) is 1.75. The Hall–Kier alpha value is -2.47. The third kappa shape index (κ3) is 4.27. The molecule has 3 N–H and O–H groups in total. The van der Waals surface area contributed by atoms with Gasteiger partial charge in [0.05, 0.1) is 33.9 Å². The summed E-state index contributed by atoms with van der Waals surface area (Å²) in [6, 6.07) is 0. The van der Waals surface area contributed by atoms with Crippen LogP contribution in [0.25, 0.3) is 12.2 Å². The number of carbonyl (C=O) groups is 2. The lowest BCUT2D eigenvalue weighted by Gasteiger charge is -2.20. The first-order valence-electron chi connectivity index (χ1n) is 10.1. The highest BCUT2D eigenvalue weighted by Gasteiger charge is 2.31. The number of nitrogens with zero attached hydrogens (tertiary/aromatic N) is 2. The largest absolute Gasteiger partial charge is 0.481 e. The quantitative estimate of drug-likeness (QED) is 0.764. The molecule has 4 unspecified atom stereocenters. The number of carboxylic acid groups (broad SMARTS) is 1. The van der Waals surface area contributed by atoms with Crippen molar-refractivity contribution in [2.45, 2.75) is 44.4 Å². The maximum atomic E-state index is 11.6. The van der Waals surface area contributed by atoms with Gasteiger partial charge in [-0.2, -0.15) is 0 Å². The van der Waals surface area contributed by atoms with Gasteiger partial charge in [-0.3, -0.25) is 9.59 Å². The van der Waals surface area contributed by atoms with Gasteiger partial charge < -0.3 is 10.8 Å². The molecule has 0 aromatic carbocycles. The van der Waals surface area contributed by atoms with Crippen LogP contribution >= 0.6 is 11.6 Å². The summed E-state index contributed by atoms with van der Waals surface area (Å²) in [5.41, 5.74) is 7.28. The van der Waals surface area contributed by atoms with Gasteiger partial charge in [0.2, 0.25) is 5.91 Å². The summed E-state index contributed by atoms with van der Waals surface area (Å²) in [6.45, 7) is 0. The van der Waals surface area contributed by atoms with Crippen molar-refractivity contribution < 1.29 is 14.7 Å². The molecule has 4 rings (SSSR count). The van der Waals surface area contributed by atoms with Gasteiger partial charge in [0.1, 0.15) is 0 Å². The van der Waals surface area contributed by atoms with Crippen LogP contribution in [0, 0.1) is 17.8 Å². The number of carbonyl (C=O) groups excluding carboxylic acids is 1. The molecule has 1 saturated carbocycles. The standard InChI is InChI=1S/C22H24ClN3O3/c23-16-6-3-13(4-7-16)20-19(10-12-1-2-15(9-12)22(28)29)25-18-11-14(21(24)27)5-8-17(18)26-20/h3,6-8,11-15H,1-2,4-5,9-10H2,(H2,24,27)(H,28,29). The molecule has 152 valence electrons. The number of aromatic nitrogens is 2. The smallest absolute Gasteiger partial charge is 0.306 e. The van der Waals surface area contributed by atoms with Gasteiger partial charge in [0.15, 0.2) is 0 Å². The van der Waals surface area contributed by atoms with Crippen molar-refractivity contribution in [2.24, 2.45) is 23.5 Å². The summed E-state index contributed by atoms with van der Waals surface area (Å²) in [6.07, 6.45) is 13.9. The lowest BCUT2D eigenvalue weighted by Crippen LogP contribution is -2.40. The molecule has 29 heavy (non-hydrogen) atoms. The van der Waals surface area contributed by atoms with E-state index in [9.17, 15) is 14.7 Å². The number of hydrogen-bond acceptors (Lipinski definition) is 4. The van der Waals surface area contributed by atoms with Crippen LogP contribution in [-0.4, -0.2) is 27.0 Å². The Morgan fingerprint density at radius 1 is 1.17 bits per heavy atom. The maximum Gasteiger partial charge on any atom is 0.306 e. The number of aliphatic carboxylic acids is 1. The zero-order valence-corrected chi connectivity index (χ0v) is 16.8. The van der Waals surface area contributed by atoms with E-state index in [4.69, 9.17) is 27.3 Å². The van der Waals surface area contributed by atoms with Crippen molar-refractivity contribution in [1.82, 2.24) is 9.97 Å². The van der Waals surface area contributed by atoms with Gasteiger partial charge in [-0.1, -0.05) is 29.8 Å². The molecule has 1 fully saturated rings. The maximum absolute atomic E-state index is 11.6. The third-order valence-corrected chi connectivity index (χ3v) is 6.40. The molecule has 6 nitrogen and oxygen atoms in total. The summed E-state index contributed by atoms with van der Waals surface area (Å²) in [4.78, 5) is 32.7. The van der Waals surface area contributed by atoms with Crippen molar-refractivity contribution >= 4 is 35.6 Å². The van der Waals surface area contributed by atoms with Crippen LogP contribution in [0.3, 0.4) is 0 Å². The first-order valence-corrected chi connectivity index (χ1v) is 10.4. The summed E-state index contributed by atoms with van der Waals surface area (Å²) in [5, 5.41) is 11.5. The molecule has 1 heterocycles. The van der Waals surface area contributed by atoms with Crippen LogP contribution < -0.4 is 16.4 Å². The number of halogens is 1. The molecule has 3 aliphatic rings. The molecule has 1 amide bonds. The fourth-order valence-corrected chi connectivity index (χ4v) is 4.64. The zero-order chi connectivity index (χ0) is 20.5. The zero-order valence-electron chi connectivity index (χ0n) is 16.1. The first kappa shape index (κ1) is 19.8. The molecular weight excluding hydrogens is 390 g/mol. The lowest BCUT2D eigenvalue weighted by molar-refractivity contribution is -0.141. The van der Waals surface area contributed by atoms with Gasteiger partial charge in [-0.25, -0.2) is 9.97 Å². The Balaban J connectivity index is 1.70. The lowest BCUT2D eigenvalue weighted by atomic mass is 9.91. The van der Waals surface area contributed by atoms with E-state index in [1.807, 2.05) is 18.2 Å². The van der Waals surface area contributed by atoms with Crippen molar-refractivity contribution in [3.8, 4) is 0 Å². The van der Waals surface area contributed by atoms with E-state index >= 15 is 0 Å². The number of allylic oxidation sites excluding steroid dienone is 4. The number of amides is 1. The summed E-state index contributed by atoms with van der Waals surface area (Å²) < 4.78 is 0. The minimum atomic E-state index is -0.716. The molecule has 0 radical (unpaired) electrons. The molecule has 0 bridgehead atoms. The van der Waals surface area contributed by atoms with Gasteiger partial charge in [-0.15, -0.1) is 0 Å². The Labute approximate surface area is 173 Å². The molecule has 0 saturated heterocycles. The highest BCUT2D eigenvalue weighted by atomic mass is 35.5. The second-order valence-electron chi connectivity index (χ2n) is 8.15. The van der Waals surface area contributed by atoms with Crippen LogP contribution in [-0.2, 0) is 16.0 Å². The summed E-state index contributed by atoms with van der Waals surface area (Å²) in [5.74, 6) is -1.36.